The molecule has 0 spiro atoms. The molecule has 6 heteroatoms. The van der Waals surface area contributed by atoms with Crippen LogP contribution in [0.25, 0.3) is 0 Å². The molecule has 19 heavy (non-hydrogen) atoms. The van der Waals surface area contributed by atoms with Crippen molar-refractivity contribution in [1.29, 1.82) is 0 Å². The van der Waals surface area contributed by atoms with Gasteiger partial charge in [-0.15, -0.1) is 0 Å². The molecule has 1 fully saturated rings. The lowest BCUT2D eigenvalue weighted by molar-refractivity contribution is -0.137. The quantitative estimate of drug-likeness (QED) is 0.642. The number of nitrogens with one attached hydrogen (secondary N) is 1. The normalized spacial score (nSPS) is 18.8. The molecule has 3 N–H and O–H groups in total. The van der Waals surface area contributed by atoms with Crippen molar-refractivity contribution in [1.82, 2.24) is 5.43 Å². The van der Waals surface area contributed by atoms with Gasteiger partial charge in [-0.1, -0.05) is 28.8 Å². The van der Waals surface area contributed by atoms with Gasteiger partial charge in [0.25, 0.3) is 0 Å². The van der Waals surface area contributed by atoms with Crippen molar-refractivity contribution in [2.45, 2.75) is 37.9 Å². The van der Waals surface area contributed by atoms with E-state index in [4.69, 9.17) is 5.84 Å². The highest BCUT2D eigenvalue weighted by Gasteiger charge is 2.33. The van der Waals surface area contributed by atoms with Crippen LogP contribution in [-0.4, -0.2) is 0 Å². The highest BCUT2D eigenvalue weighted by molar-refractivity contribution is 9.10. The van der Waals surface area contributed by atoms with E-state index >= 15 is 0 Å². The van der Waals surface area contributed by atoms with Gasteiger partial charge in [-0.25, -0.2) is 0 Å². The van der Waals surface area contributed by atoms with E-state index in [-0.39, 0.29) is 6.04 Å². The lowest BCUT2D eigenvalue weighted by Gasteiger charge is -2.25. The van der Waals surface area contributed by atoms with Crippen molar-refractivity contribution in [3.63, 3.8) is 0 Å². The number of hydrogen-bond acceptors (Lipinski definition) is 2. The first kappa shape index (κ1) is 14.8. The Morgan fingerprint density at radius 3 is 2.42 bits per heavy atom. The third kappa shape index (κ3) is 3.30. The SMILES string of the molecule is NNC(c1cc(C(F)(F)F)ccc1Br)C1CCCC1. The smallest absolute Gasteiger partial charge is 0.271 e. The van der Waals surface area contributed by atoms with Gasteiger partial charge < -0.3 is 0 Å². The average Bonchev–Trinajstić information content (AvgIpc) is 2.84. The molecule has 1 aliphatic rings. The number of halogens is 4. The Labute approximate surface area is 118 Å². The molecule has 1 saturated carbocycles. The third-order valence-electron chi connectivity index (χ3n) is 3.71. The fourth-order valence-electron chi connectivity index (χ4n) is 2.73. The molecule has 1 aromatic rings. The van der Waals surface area contributed by atoms with E-state index in [0.29, 0.717) is 16.0 Å². The molecule has 0 amide bonds. The molecule has 2 nitrogen and oxygen atoms in total. The van der Waals surface area contributed by atoms with Gasteiger partial charge in [0.1, 0.15) is 0 Å². The molecule has 0 aliphatic heterocycles. The van der Waals surface area contributed by atoms with Gasteiger partial charge in [0, 0.05) is 10.5 Å². The Morgan fingerprint density at radius 1 is 1.26 bits per heavy atom. The summed E-state index contributed by atoms with van der Waals surface area (Å²) in [5, 5.41) is 0. The van der Waals surface area contributed by atoms with Crippen LogP contribution in [0, 0.1) is 5.92 Å². The summed E-state index contributed by atoms with van der Waals surface area (Å²) in [6.45, 7) is 0. The largest absolute Gasteiger partial charge is 0.416 e. The second-order valence-electron chi connectivity index (χ2n) is 4.92. The first-order chi connectivity index (χ1) is 8.93. The second kappa shape index (κ2) is 5.81. The first-order valence-electron chi connectivity index (χ1n) is 6.26. The summed E-state index contributed by atoms with van der Waals surface area (Å²) in [6, 6.07) is 3.47. The van der Waals surface area contributed by atoms with Crippen molar-refractivity contribution in [3.05, 3.63) is 33.8 Å². The summed E-state index contributed by atoms with van der Waals surface area (Å²) in [7, 11) is 0. The first-order valence-corrected chi connectivity index (χ1v) is 7.05. The maximum absolute atomic E-state index is 12.8. The number of hydrogen-bond donors (Lipinski definition) is 2. The number of hydrazine groups is 1. The maximum atomic E-state index is 12.8. The minimum absolute atomic E-state index is 0.237. The zero-order valence-corrected chi connectivity index (χ0v) is 11.9. The van der Waals surface area contributed by atoms with Gasteiger partial charge in [0.2, 0.25) is 0 Å². The van der Waals surface area contributed by atoms with Crippen LogP contribution in [0.15, 0.2) is 22.7 Å². The zero-order chi connectivity index (χ0) is 14.0. The van der Waals surface area contributed by atoms with Crippen LogP contribution in [0.3, 0.4) is 0 Å². The van der Waals surface area contributed by atoms with E-state index in [1.165, 1.54) is 12.1 Å². The number of benzene rings is 1. The maximum Gasteiger partial charge on any atom is 0.416 e. The van der Waals surface area contributed by atoms with Crippen molar-refractivity contribution < 1.29 is 13.2 Å². The summed E-state index contributed by atoms with van der Waals surface area (Å²) in [5.41, 5.74) is 2.63. The van der Waals surface area contributed by atoms with Crippen LogP contribution in [0.4, 0.5) is 13.2 Å². The van der Waals surface area contributed by atoms with E-state index in [1.54, 1.807) is 0 Å². The van der Waals surface area contributed by atoms with E-state index in [2.05, 4.69) is 21.4 Å². The lowest BCUT2D eigenvalue weighted by atomic mass is 9.91. The van der Waals surface area contributed by atoms with Crippen molar-refractivity contribution >= 4 is 15.9 Å². The van der Waals surface area contributed by atoms with E-state index in [9.17, 15) is 13.2 Å². The number of nitrogens with two attached hydrogens (primary N) is 1. The molecule has 0 bridgehead atoms. The van der Waals surface area contributed by atoms with E-state index in [1.807, 2.05) is 0 Å². The van der Waals surface area contributed by atoms with Gasteiger partial charge in [0.05, 0.1) is 5.56 Å². The van der Waals surface area contributed by atoms with Gasteiger partial charge in [-0.2, -0.15) is 13.2 Å². The van der Waals surface area contributed by atoms with Crippen LogP contribution in [0.2, 0.25) is 0 Å². The number of rotatable bonds is 3. The van der Waals surface area contributed by atoms with Gasteiger partial charge >= 0.3 is 6.18 Å². The van der Waals surface area contributed by atoms with Crippen molar-refractivity contribution in [2.24, 2.45) is 11.8 Å². The van der Waals surface area contributed by atoms with Gasteiger partial charge in [0.15, 0.2) is 0 Å². The summed E-state index contributed by atoms with van der Waals surface area (Å²) < 4.78 is 39.0. The molecule has 0 aromatic heterocycles. The average molecular weight is 337 g/mol. The van der Waals surface area contributed by atoms with Crippen molar-refractivity contribution in [2.75, 3.05) is 0 Å². The minimum atomic E-state index is -4.33. The highest BCUT2D eigenvalue weighted by Crippen LogP contribution is 2.40. The fraction of sp³-hybridized carbons (Fsp3) is 0.538. The van der Waals surface area contributed by atoms with Gasteiger partial charge in [-0.3, -0.25) is 11.3 Å². The van der Waals surface area contributed by atoms with E-state index < -0.39 is 11.7 Å². The van der Waals surface area contributed by atoms with Crippen LogP contribution >= 0.6 is 15.9 Å². The highest BCUT2D eigenvalue weighted by atomic mass is 79.9. The monoisotopic (exact) mass is 336 g/mol. The summed E-state index contributed by atoms with van der Waals surface area (Å²) in [4.78, 5) is 0. The molecule has 1 aliphatic carbocycles. The Balaban J connectivity index is 2.35. The Morgan fingerprint density at radius 2 is 1.89 bits per heavy atom. The molecule has 1 atom stereocenters. The van der Waals surface area contributed by atoms with Crippen LogP contribution in [-0.2, 0) is 6.18 Å². The zero-order valence-electron chi connectivity index (χ0n) is 10.3. The molecular formula is C13H16BrF3N2. The topological polar surface area (TPSA) is 38.0 Å². The molecule has 1 unspecified atom stereocenters. The number of alkyl halides is 3. The molecule has 1 aromatic carbocycles. The summed E-state index contributed by atoms with van der Waals surface area (Å²) in [5.74, 6) is 5.86. The second-order valence-corrected chi connectivity index (χ2v) is 5.78. The molecule has 0 saturated heterocycles. The van der Waals surface area contributed by atoms with Crippen LogP contribution in [0.5, 0.6) is 0 Å². The van der Waals surface area contributed by atoms with E-state index in [0.717, 1.165) is 31.7 Å². The third-order valence-corrected chi connectivity index (χ3v) is 4.43. The minimum Gasteiger partial charge on any atom is -0.271 e. The van der Waals surface area contributed by atoms with Gasteiger partial charge in [-0.05, 0) is 42.5 Å². The molecule has 106 valence electrons. The summed E-state index contributed by atoms with van der Waals surface area (Å²) >= 11 is 3.32. The standard InChI is InChI=1S/C13H16BrF3N2/c14-11-6-5-9(13(15,16)17)7-10(11)12(19-18)8-3-1-2-4-8/h5-8,12,19H,1-4,18H2. The molecule has 0 heterocycles. The van der Waals surface area contributed by atoms with Crippen molar-refractivity contribution in [3.8, 4) is 0 Å². The van der Waals surface area contributed by atoms with Crippen LogP contribution in [0.1, 0.15) is 42.9 Å². The van der Waals surface area contributed by atoms with Crippen LogP contribution < -0.4 is 11.3 Å². The molecule has 0 radical (unpaired) electrons. The fourth-order valence-corrected chi connectivity index (χ4v) is 3.22. The lowest BCUT2D eigenvalue weighted by Crippen LogP contribution is -2.33. The predicted molar refractivity (Wildman–Crippen MR) is 71.2 cm³/mol. The Bertz CT molecular complexity index is 442. The molecular weight excluding hydrogens is 321 g/mol. The molecule has 2 rings (SSSR count). The Hall–Kier alpha value is -0.590. The summed E-state index contributed by atoms with van der Waals surface area (Å²) in [6.07, 6.45) is -0.113. The Kier molecular flexibility index (Phi) is 4.53. The predicted octanol–water partition coefficient (Wildman–Crippen LogP) is 4.16.